The Morgan fingerprint density at radius 3 is 2.33 bits per heavy atom. The van der Waals surface area contributed by atoms with Crippen LogP contribution in [0.4, 0.5) is 11.4 Å². The van der Waals surface area contributed by atoms with Gasteiger partial charge in [0.05, 0.1) is 5.69 Å². The lowest BCUT2D eigenvalue weighted by atomic mass is 9.87. The molecule has 1 aliphatic heterocycles. The van der Waals surface area contributed by atoms with Crippen LogP contribution in [-0.4, -0.2) is 23.5 Å². The van der Waals surface area contributed by atoms with Crippen molar-refractivity contribution in [2.75, 3.05) is 16.8 Å². The summed E-state index contributed by atoms with van der Waals surface area (Å²) in [4.78, 5) is 27.5. The molecule has 1 heterocycles. The van der Waals surface area contributed by atoms with E-state index in [-0.39, 0.29) is 12.5 Å². The Hall–Kier alpha value is -3.44. The van der Waals surface area contributed by atoms with Crippen LogP contribution in [-0.2, 0) is 15.2 Å². The third kappa shape index (κ3) is 3.27. The normalized spacial score (nSPS) is 17.7. The van der Waals surface area contributed by atoms with Gasteiger partial charge in [-0.3, -0.25) is 14.5 Å². The van der Waals surface area contributed by atoms with E-state index < -0.39 is 11.5 Å². The quantitative estimate of drug-likeness (QED) is 0.699. The molecule has 3 aromatic rings. The van der Waals surface area contributed by atoms with Crippen LogP contribution in [0.2, 0.25) is 0 Å². The number of aryl methyl sites for hydroxylation is 3. The number of hydrogen-bond acceptors (Lipinski definition) is 3. The number of amides is 2. The summed E-state index contributed by atoms with van der Waals surface area (Å²) >= 11 is 0. The summed E-state index contributed by atoms with van der Waals surface area (Å²) in [6, 6.07) is 20.1. The largest absolute Gasteiger partial charge is 0.372 e. The minimum absolute atomic E-state index is 0.183. The number of para-hydroxylation sites is 1. The van der Waals surface area contributed by atoms with Crippen molar-refractivity contribution in [1.29, 1.82) is 0 Å². The van der Waals surface area contributed by atoms with Crippen LogP contribution in [0.3, 0.4) is 0 Å². The van der Waals surface area contributed by atoms with Crippen molar-refractivity contribution in [1.82, 2.24) is 0 Å². The SMILES string of the molecule is Cc1ccc([C@@]2(O)C(=O)N(CC(=O)Nc3ccc(C)cc3C)c3ccccc32)cc1. The molecule has 5 nitrogen and oxygen atoms in total. The van der Waals surface area contributed by atoms with Crippen molar-refractivity contribution in [3.63, 3.8) is 0 Å². The van der Waals surface area contributed by atoms with E-state index in [2.05, 4.69) is 5.32 Å². The second-order valence-electron chi connectivity index (χ2n) is 7.85. The number of nitrogens with one attached hydrogen (secondary N) is 1. The fourth-order valence-corrected chi connectivity index (χ4v) is 3.95. The average molecular weight is 400 g/mol. The highest BCUT2D eigenvalue weighted by Gasteiger charge is 2.51. The number of carbonyl (C=O) groups is 2. The van der Waals surface area contributed by atoms with Crippen molar-refractivity contribution >= 4 is 23.2 Å². The monoisotopic (exact) mass is 400 g/mol. The zero-order chi connectivity index (χ0) is 21.5. The standard InChI is InChI=1S/C25H24N2O3/c1-16-8-11-19(12-9-16)25(30)20-6-4-5-7-22(20)27(24(25)29)15-23(28)26-21-13-10-17(2)14-18(21)3/h4-14,30H,15H2,1-3H3,(H,26,28)/t25-/m0/s1. The molecule has 0 fully saturated rings. The molecule has 0 spiro atoms. The summed E-state index contributed by atoms with van der Waals surface area (Å²) in [7, 11) is 0. The molecular formula is C25H24N2O3. The van der Waals surface area contributed by atoms with Crippen LogP contribution in [0, 0.1) is 20.8 Å². The van der Waals surface area contributed by atoms with Gasteiger partial charge in [-0.1, -0.05) is 65.7 Å². The zero-order valence-corrected chi connectivity index (χ0v) is 17.3. The van der Waals surface area contributed by atoms with Crippen LogP contribution in [0.1, 0.15) is 27.8 Å². The number of anilines is 2. The lowest BCUT2D eigenvalue weighted by molar-refractivity contribution is -0.133. The van der Waals surface area contributed by atoms with Gasteiger partial charge < -0.3 is 10.4 Å². The van der Waals surface area contributed by atoms with E-state index in [1.165, 1.54) is 4.90 Å². The van der Waals surface area contributed by atoms with Gasteiger partial charge in [0, 0.05) is 11.3 Å². The highest BCUT2D eigenvalue weighted by Crippen LogP contribution is 2.44. The number of carbonyl (C=O) groups excluding carboxylic acids is 2. The van der Waals surface area contributed by atoms with Crippen molar-refractivity contribution in [2.45, 2.75) is 26.4 Å². The first kappa shape index (κ1) is 19.9. The van der Waals surface area contributed by atoms with Gasteiger partial charge >= 0.3 is 0 Å². The number of nitrogens with zero attached hydrogens (tertiary/aromatic N) is 1. The van der Waals surface area contributed by atoms with Gasteiger partial charge in [-0.2, -0.15) is 0 Å². The molecule has 1 aliphatic rings. The molecule has 0 aromatic heterocycles. The molecular weight excluding hydrogens is 376 g/mol. The first-order chi connectivity index (χ1) is 14.3. The molecule has 3 aromatic carbocycles. The van der Waals surface area contributed by atoms with E-state index in [0.29, 0.717) is 22.5 Å². The van der Waals surface area contributed by atoms with E-state index in [0.717, 1.165) is 16.7 Å². The summed E-state index contributed by atoms with van der Waals surface area (Å²) in [5, 5.41) is 14.4. The number of rotatable bonds is 4. The molecule has 0 saturated heterocycles. The lowest BCUT2D eigenvalue weighted by Crippen LogP contribution is -2.44. The highest BCUT2D eigenvalue weighted by atomic mass is 16.3. The molecule has 0 bridgehead atoms. The number of benzene rings is 3. The first-order valence-electron chi connectivity index (χ1n) is 9.89. The van der Waals surface area contributed by atoms with E-state index in [9.17, 15) is 14.7 Å². The maximum Gasteiger partial charge on any atom is 0.268 e. The van der Waals surface area contributed by atoms with Crippen molar-refractivity contribution in [2.24, 2.45) is 0 Å². The Morgan fingerprint density at radius 1 is 0.967 bits per heavy atom. The zero-order valence-electron chi connectivity index (χ0n) is 17.3. The van der Waals surface area contributed by atoms with Crippen molar-refractivity contribution < 1.29 is 14.7 Å². The summed E-state index contributed by atoms with van der Waals surface area (Å²) in [6.45, 7) is 5.68. The van der Waals surface area contributed by atoms with Crippen LogP contribution in [0.5, 0.6) is 0 Å². The van der Waals surface area contributed by atoms with Crippen molar-refractivity contribution in [3.8, 4) is 0 Å². The van der Waals surface area contributed by atoms with E-state index >= 15 is 0 Å². The molecule has 2 N–H and O–H groups in total. The Balaban J connectivity index is 1.65. The molecule has 152 valence electrons. The lowest BCUT2D eigenvalue weighted by Gasteiger charge is -2.24. The highest BCUT2D eigenvalue weighted by molar-refractivity contribution is 6.12. The van der Waals surface area contributed by atoms with Crippen LogP contribution in [0.15, 0.2) is 66.7 Å². The third-order valence-corrected chi connectivity index (χ3v) is 5.57. The van der Waals surface area contributed by atoms with Gasteiger partial charge in [0.15, 0.2) is 5.60 Å². The molecule has 0 saturated carbocycles. The van der Waals surface area contributed by atoms with Crippen LogP contribution < -0.4 is 10.2 Å². The van der Waals surface area contributed by atoms with Crippen LogP contribution in [0.25, 0.3) is 0 Å². The molecule has 2 amide bonds. The molecule has 0 radical (unpaired) electrons. The van der Waals surface area contributed by atoms with Gasteiger partial charge in [0.25, 0.3) is 5.91 Å². The Labute approximate surface area is 176 Å². The van der Waals surface area contributed by atoms with Gasteiger partial charge in [-0.15, -0.1) is 0 Å². The maximum atomic E-state index is 13.4. The smallest absolute Gasteiger partial charge is 0.268 e. The molecule has 30 heavy (non-hydrogen) atoms. The van der Waals surface area contributed by atoms with Crippen molar-refractivity contribution in [3.05, 3.63) is 94.5 Å². The second-order valence-corrected chi connectivity index (χ2v) is 7.85. The van der Waals surface area contributed by atoms with Gasteiger partial charge in [0.2, 0.25) is 5.91 Å². The summed E-state index contributed by atoms with van der Waals surface area (Å²) in [6.07, 6.45) is 0. The Kier molecular flexibility index (Phi) is 4.92. The average Bonchev–Trinajstić information content (AvgIpc) is 2.93. The predicted octanol–water partition coefficient (Wildman–Crippen LogP) is 3.83. The number of hydrogen-bond donors (Lipinski definition) is 2. The number of aliphatic hydroxyl groups is 1. The molecule has 0 aliphatic carbocycles. The topological polar surface area (TPSA) is 69.6 Å². The first-order valence-corrected chi connectivity index (χ1v) is 9.89. The molecule has 5 heteroatoms. The molecule has 0 unspecified atom stereocenters. The van der Waals surface area contributed by atoms with E-state index in [4.69, 9.17) is 0 Å². The number of fused-ring (bicyclic) bond motifs is 1. The summed E-state index contributed by atoms with van der Waals surface area (Å²) < 4.78 is 0. The minimum Gasteiger partial charge on any atom is -0.372 e. The molecule has 4 rings (SSSR count). The fraction of sp³-hybridized carbons (Fsp3) is 0.200. The third-order valence-electron chi connectivity index (χ3n) is 5.57. The maximum absolute atomic E-state index is 13.4. The van der Waals surface area contributed by atoms with Gasteiger partial charge in [-0.25, -0.2) is 0 Å². The summed E-state index contributed by atoms with van der Waals surface area (Å²) in [5.41, 5.74) is 3.50. The Morgan fingerprint density at radius 2 is 1.63 bits per heavy atom. The minimum atomic E-state index is -1.82. The van der Waals surface area contributed by atoms with E-state index in [1.54, 1.807) is 36.4 Å². The van der Waals surface area contributed by atoms with Crippen LogP contribution >= 0.6 is 0 Å². The predicted molar refractivity (Wildman–Crippen MR) is 118 cm³/mol. The molecule has 1 atom stereocenters. The fourth-order valence-electron chi connectivity index (χ4n) is 3.95. The van der Waals surface area contributed by atoms with Gasteiger partial charge in [0.1, 0.15) is 6.54 Å². The van der Waals surface area contributed by atoms with Gasteiger partial charge in [-0.05, 0) is 44.0 Å². The van der Waals surface area contributed by atoms with E-state index in [1.807, 2.05) is 51.1 Å². The Bertz CT molecular complexity index is 1140. The summed E-state index contributed by atoms with van der Waals surface area (Å²) in [5.74, 6) is -0.846. The second kappa shape index (κ2) is 7.43.